The molecule has 2 aliphatic carbocycles. The Morgan fingerprint density at radius 2 is 2.18 bits per heavy atom. The lowest BCUT2D eigenvalue weighted by atomic mass is 9.89. The molecule has 0 aromatic rings. The molecule has 0 amide bonds. The van der Waals surface area contributed by atoms with Gasteiger partial charge in [0.1, 0.15) is 5.78 Å². The molecule has 11 heavy (non-hydrogen) atoms. The Labute approximate surface area is 69.9 Å². The second-order valence-corrected chi connectivity index (χ2v) is 3.83. The molecule has 0 aromatic carbocycles. The molecule has 3 atom stereocenters. The molecule has 0 N–H and O–H groups in total. The summed E-state index contributed by atoms with van der Waals surface area (Å²) in [4.78, 5) is 22.1. The molecule has 2 nitrogen and oxygen atoms in total. The summed E-state index contributed by atoms with van der Waals surface area (Å²) in [5.74, 6) is 0.0851. The Hall–Kier alpha value is -0.370. The van der Waals surface area contributed by atoms with E-state index in [-0.39, 0.29) is 17.6 Å². The predicted molar refractivity (Wildman–Crippen MR) is 40.2 cm³/mol. The Morgan fingerprint density at radius 1 is 1.45 bits per heavy atom. The Kier molecular flexibility index (Phi) is 1.53. The van der Waals surface area contributed by atoms with Gasteiger partial charge in [0.15, 0.2) is 0 Å². The van der Waals surface area contributed by atoms with E-state index in [1.54, 1.807) is 0 Å². The summed E-state index contributed by atoms with van der Waals surface area (Å²) in [6.07, 6.45) is 2.89. The van der Waals surface area contributed by atoms with Crippen LogP contribution in [0.5, 0.6) is 0 Å². The van der Waals surface area contributed by atoms with Crippen LogP contribution in [0, 0.1) is 17.8 Å². The molecule has 2 fully saturated rings. The van der Waals surface area contributed by atoms with Gasteiger partial charge >= 0.3 is 0 Å². The minimum absolute atomic E-state index is 0.0984. The molecule has 2 bridgehead atoms. The zero-order chi connectivity index (χ0) is 8.01. The summed E-state index contributed by atoms with van der Waals surface area (Å²) >= 11 is 5.31. The molecular weight excluding hydrogens is 164 g/mol. The van der Waals surface area contributed by atoms with E-state index in [1.165, 1.54) is 0 Å². The number of halogens is 1. The van der Waals surface area contributed by atoms with Crippen molar-refractivity contribution in [2.75, 3.05) is 0 Å². The first-order valence-electron chi connectivity index (χ1n) is 3.93. The van der Waals surface area contributed by atoms with Crippen LogP contribution in [0.15, 0.2) is 0 Å². The fraction of sp³-hybridized carbons (Fsp3) is 0.750. The number of carbonyl (C=O) groups is 2. The van der Waals surface area contributed by atoms with Gasteiger partial charge in [-0.25, -0.2) is 0 Å². The molecule has 2 aliphatic rings. The van der Waals surface area contributed by atoms with Gasteiger partial charge in [-0.1, -0.05) is 0 Å². The number of Topliss-reactive ketones (excluding diaryl/α,β-unsaturated/α-hetero) is 1. The van der Waals surface area contributed by atoms with Crippen LogP contribution in [-0.4, -0.2) is 11.0 Å². The smallest absolute Gasteiger partial charge is 0.232 e. The minimum Gasteiger partial charge on any atom is -0.299 e. The highest BCUT2D eigenvalue weighted by atomic mass is 35.5. The van der Waals surface area contributed by atoms with E-state index < -0.39 is 11.2 Å². The van der Waals surface area contributed by atoms with Crippen molar-refractivity contribution in [1.29, 1.82) is 0 Å². The molecule has 2 rings (SSSR count). The number of rotatable bonds is 1. The van der Waals surface area contributed by atoms with Crippen molar-refractivity contribution < 1.29 is 9.59 Å². The third-order valence-electron chi connectivity index (χ3n) is 2.90. The maximum absolute atomic E-state index is 11.3. The van der Waals surface area contributed by atoms with Crippen molar-refractivity contribution in [3.63, 3.8) is 0 Å². The minimum atomic E-state index is -0.449. The van der Waals surface area contributed by atoms with Crippen molar-refractivity contribution in [3.05, 3.63) is 0 Å². The SMILES string of the molecule is O=C(Cl)C1C(=O)C2CCC1C2. The zero-order valence-electron chi connectivity index (χ0n) is 6.05. The normalized spacial score (nSPS) is 41.5. The maximum atomic E-state index is 11.3. The summed E-state index contributed by atoms with van der Waals surface area (Å²) in [6.45, 7) is 0. The van der Waals surface area contributed by atoms with Crippen molar-refractivity contribution in [3.8, 4) is 0 Å². The molecule has 0 heterocycles. The van der Waals surface area contributed by atoms with Gasteiger partial charge in [0.25, 0.3) is 0 Å². The summed E-state index contributed by atoms with van der Waals surface area (Å²) < 4.78 is 0. The third kappa shape index (κ3) is 0.924. The second-order valence-electron chi connectivity index (χ2n) is 3.45. The van der Waals surface area contributed by atoms with Gasteiger partial charge in [0, 0.05) is 5.92 Å². The van der Waals surface area contributed by atoms with E-state index in [0.717, 1.165) is 19.3 Å². The predicted octanol–water partition coefficient (Wildman–Crippen LogP) is 1.37. The van der Waals surface area contributed by atoms with Crippen molar-refractivity contribution >= 4 is 22.6 Å². The van der Waals surface area contributed by atoms with E-state index in [9.17, 15) is 9.59 Å². The average molecular weight is 173 g/mol. The van der Waals surface area contributed by atoms with Gasteiger partial charge in [-0.15, -0.1) is 0 Å². The molecule has 0 aliphatic heterocycles. The quantitative estimate of drug-likeness (QED) is 0.442. The first-order chi connectivity index (χ1) is 5.20. The van der Waals surface area contributed by atoms with Crippen molar-refractivity contribution in [2.24, 2.45) is 17.8 Å². The molecule has 0 radical (unpaired) electrons. The van der Waals surface area contributed by atoms with Gasteiger partial charge < -0.3 is 0 Å². The first-order valence-corrected chi connectivity index (χ1v) is 4.31. The summed E-state index contributed by atoms with van der Waals surface area (Å²) in [5, 5.41) is -0.442. The van der Waals surface area contributed by atoms with E-state index in [4.69, 9.17) is 11.6 Å². The van der Waals surface area contributed by atoms with Crippen LogP contribution in [0.3, 0.4) is 0 Å². The standard InChI is InChI=1S/C8H9ClO2/c9-8(11)6-4-1-2-5(3-4)7(6)10/h4-6H,1-3H2. The van der Waals surface area contributed by atoms with Crippen LogP contribution in [0.25, 0.3) is 0 Å². The maximum Gasteiger partial charge on any atom is 0.232 e. The van der Waals surface area contributed by atoms with Crippen LogP contribution < -0.4 is 0 Å². The van der Waals surface area contributed by atoms with E-state index in [2.05, 4.69) is 0 Å². The Balaban J connectivity index is 2.24. The topological polar surface area (TPSA) is 34.1 Å². The molecule has 0 spiro atoms. The number of ketones is 1. The van der Waals surface area contributed by atoms with Crippen LogP contribution >= 0.6 is 11.6 Å². The van der Waals surface area contributed by atoms with Crippen LogP contribution in [0.4, 0.5) is 0 Å². The Bertz CT molecular complexity index is 224. The van der Waals surface area contributed by atoms with E-state index in [1.807, 2.05) is 0 Å². The molecule has 0 saturated heterocycles. The van der Waals surface area contributed by atoms with Gasteiger partial charge in [0.2, 0.25) is 5.24 Å². The van der Waals surface area contributed by atoms with Gasteiger partial charge in [-0.2, -0.15) is 0 Å². The molecule has 0 aromatic heterocycles. The van der Waals surface area contributed by atoms with Crippen LogP contribution in [0.1, 0.15) is 19.3 Å². The van der Waals surface area contributed by atoms with Crippen molar-refractivity contribution in [2.45, 2.75) is 19.3 Å². The number of fused-ring (bicyclic) bond motifs is 2. The highest BCUT2D eigenvalue weighted by Crippen LogP contribution is 2.46. The first kappa shape index (κ1) is 7.29. The molecule has 60 valence electrons. The van der Waals surface area contributed by atoms with Gasteiger partial charge in [0.05, 0.1) is 5.92 Å². The van der Waals surface area contributed by atoms with E-state index >= 15 is 0 Å². The fourth-order valence-corrected chi connectivity index (χ4v) is 2.65. The number of carbonyl (C=O) groups excluding carboxylic acids is 2. The Morgan fingerprint density at radius 3 is 2.55 bits per heavy atom. The monoisotopic (exact) mass is 172 g/mol. The molecule has 3 unspecified atom stereocenters. The average Bonchev–Trinajstić information content (AvgIpc) is 2.44. The largest absolute Gasteiger partial charge is 0.299 e. The van der Waals surface area contributed by atoms with Gasteiger partial charge in [-0.05, 0) is 36.8 Å². The number of hydrogen-bond acceptors (Lipinski definition) is 2. The van der Waals surface area contributed by atoms with Crippen LogP contribution in [0.2, 0.25) is 0 Å². The van der Waals surface area contributed by atoms with Crippen LogP contribution in [-0.2, 0) is 9.59 Å². The fourth-order valence-electron chi connectivity index (χ4n) is 2.36. The highest BCUT2D eigenvalue weighted by Gasteiger charge is 2.49. The lowest BCUT2D eigenvalue weighted by Gasteiger charge is -2.15. The molecular formula is C8H9ClO2. The lowest BCUT2D eigenvalue weighted by molar-refractivity contribution is -0.131. The summed E-state index contributed by atoms with van der Waals surface area (Å²) in [6, 6.07) is 0. The lowest BCUT2D eigenvalue weighted by Crippen LogP contribution is -2.26. The van der Waals surface area contributed by atoms with Crippen molar-refractivity contribution in [1.82, 2.24) is 0 Å². The van der Waals surface area contributed by atoms with Gasteiger partial charge in [-0.3, -0.25) is 9.59 Å². The highest BCUT2D eigenvalue weighted by molar-refractivity contribution is 6.65. The second kappa shape index (κ2) is 2.31. The third-order valence-corrected chi connectivity index (χ3v) is 3.13. The zero-order valence-corrected chi connectivity index (χ0v) is 6.80. The summed E-state index contributed by atoms with van der Waals surface area (Å²) in [5.41, 5.74) is 0. The summed E-state index contributed by atoms with van der Waals surface area (Å²) in [7, 11) is 0. The molecule has 2 saturated carbocycles. The van der Waals surface area contributed by atoms with E-state index in [0.29, 0.717) is 0 Å². The molecule has 3 heteroatoms. The number of hydrogen-bond donors (Lipinski definition) is 0.